The number of halogens is 1. The molecule has 0 amide bonds. The second-order valence-electron chi connectivity index (χ2n) is 2.23. The molecule has 2 unspecified atom stereocenters. The summed E-state index contributed by atoms with van der Waals surface area (Å²) in [6, 6.07) is 0. The molecule has 0 spiro atoms. The van der Waals surface area contributed by atoms with Gasteiger partial charge in [-0.2, -0.15) is 0 Å². The smallest absolute Gasteiger partial charge is 0.0889 e. The fourth-order valence-electron chi connectivity index (χ4n) is 0.418. The van der Waals surface area contributed by atoms with Gasteiger partial charge in [0.2, 0.25) is 0 Å². The Morgan fingerprint density at radius 2 is 2.10 bits per heavy atom. The van der Waals surface area contributed by atoms with Crippen LogP contribution in [-0.2, 0) is 11.8 Å². The van der Waals surface area contributed by atoms with E-state index in [0.717, 1.165) is 12.6 Å². The summed E-state index contributed by atoms with van der Waals surface area (Å²) in [5.74, 6) is 0. The van der Waals surface area contributed by atoms with Gasteiger partial charge in [0.05, 0.1) is 4.59 Å². The van der Waals surface area contributed by atoms with E-state index in [1.807, 2.05) is 0 Å². The first-order valence-electron chi connectivity index (χ1n) is 3.49. The number of rotatable bonds is 4. The van der Waals surface area contributed by atoms with Crippen LogP contribution in [0.1, 0.15) is 27.2 Å². The van der Waals surface area contributed by atoms with Crippen molar-refractivity contribution in [3.63, 3.8) is 0 Å². The Kier molecular flexibility index (Phi) is 5.68. The SMILES string of the molecule is CCC(C)SP(=S)(Cl)CC. The van der Waals surface area contributed by atoms with Gasteiger partial charge in [-0.1, -0.05) is 43.8 Å². The Morgan fingerprint density at radius 1 is 1.60 bits per heavy atom. The Labute approximate surface area is 77.7 Å². The Morgan fingerprint density at radius 3 is 2.40 bits per heavy atom. The molecule has 4 heteroatoms. The zero-order valence-corrected chi connectivity index (χ0v) is 9.92. The van der Waals surface area contributed by atoms with Gasteiger partial charge in [0, 0.05) is 5.25 Å². The predicted octanol–water partition coefficient (Wildman–Crippen LogP) is 4.09. The molecule has 0 aliphatic rings. The minimum atomic E-state index is -1.52. The first kappa shape index (κ1) is 11.3. The first-order valence-corrected chi connectivity index (χ1v) is 8.86. The van der Waals surface area contributed by atoms with Crippen LogP contribution in [0.4, 0.5) is 0 Å². The zero-order chi connectivity index (χ0) is 8.20. The largest absolute Gasteiger partial charge is 0.106 e. The van der Waals surface area contributed by atoms with E-state index >= 15 is 0 Å². The third-order valence-corrected chi connectivity index (χ3v) is 8.84. The van der Waals surface area contributed by atoms with Crippen molar-refractivity contribution in [3.05, 3.63) is 0 Å². The van der Waals surface area contributed by atoms with Crippen LogP contribution in [0, 0.1) is 0 Å². The van der Waals surface area contributed by atoms with Gasteiger partial charge in [-0.25, -0.2) is 0 Å². The standard InChI is InChI=1S/C6H14ClPS2/c1-4-6(3)10-8(7,9)5-2/h6H,4-5H2,1-3H3. The molecule has 0 aromatic rings. The van der Waals surface area contributed by atoms with E-state index in [1.165, 1.54) is 0 Å². The van der Waals surface area contributed by atoms with Crippen molar-refractivity contribution < 1.29 is 0 Å². The van der Waals surface area contributed by atoms with Gasteiger partial charge < -0.3 is 0 Å². The summed E-state index contributed by atoms with van der Waals surface area (Å²) in [5, 5.41) is 0.628. The van der Waals surface area contributed by atoms with Crippen LogP contribution in [0.2, 0.25) is 0 Å². The molecule has 0 aromatic heterocycles. The van der Waals surface area contributed by atoms with Crippen molar-refractivity contribution in [2.24, 2.45) is 0 Å². The van der Waals surface area contributed by atoms with E-state index in [0.29, 0.717) is 5.25 Å². The molecule has 62 valence electrons. The maximum absolute atomic E-state index is 6.08. The Balaban J connectivity index is 3.77. The predicted molar refractivity (Wildman–Crippen MR) is 58.0 cm³/mol. The van der Waals surface area contributed by atoms with Gasteiger partial charge in [0.1, 0.15) is 0 Å². The second-order valence-corrected chi connectivity index (χ2v) is 13.1. The van der Waals surface area contributed by atoms with E-state index in [2.05, 4.69) is 20.8 Å². The molecule has 0 radical (unpaired) electrons. The lowest BCUT2D eigenvalue weighted by Gasteiger charge is -2.15. The topological polar surface area (TPSA) is 0 Å². The molecule has 0 aliphatic carbocycles. The van der Waals surface area contributed by atoms with Crippen LogP contribution >= 0.6 is 27.2 Å². The lowest BCUT2D eigenvalue weighted by Crippen LogP contribution is -1.90. The summed E-state index contributed by atoms with van der Waals surface area (Å²) in [6.45, 7) is 6.42. The molecule has 0 fully saturated rings. The van der Waals surface area contributed by atoms with E-state index < -0.39 is 4.59 Å². The van der Waals surface area contributed by atoms with E-state index in [9.17, 15) is 0 Å². The summed E-state index contributed by atoms with van der Waals surface area (Å²) in [7, 11) is 0. The lowest BCUT2D eigenvalue weighted by molar-refractivity contribution is 0.912. The van der Waals surface area contributed by atoms with Gasteiger partial charge >= 0.3 is 0 Å². The third-order valence-electron chi connectivity index (χ3n) is 1.29. The average molecular weight is 217 g/mol. The highest BCUT2D eigenvalue weighted by molar-refractivity contribution is 8.78. The highest BCUT2D eigenvalue weighted by atomic mass is 35.7. The van der Waals surface area contributed by atoms with Crippen molar-refractivity contribution in [2.45, 2.75) is 32.4 Å². The van der Waals surface area contributed by atoms with Crippen LogP contribution in [0.5, 0.6) is 0 Å². The molecule has 2 atom stereocenters. The average Bonchev–Trinajstić information content (AvgIpc) is 1.87. The maximum Gasteiger partial charge on any atom is 0.0889 e. The summed E-state index contributed by atoms with van der Waals surface area (Å²) in [4.78, 5) is 0. The second kappa shape index (κ2) is 5.03. The molecule has 0 bridgehead atoms. The van der Waals surface area contributed by atoms with Crippen LogP contribution in [-0.4, -0.2) is 11.4 Å². The third kappa shape index (κ3) is 5.01. The molecule has 0 aliphatic heterocycles. The Bertz CT molecular complexity index is 138. The minimum absolute atomic E-state index is 0.628. The van der Waals surface area contributed by atoms with Crippen molar-refractivity contribution in [3.8, 4) is 0 Å². The first-order chi connectivity index (χ1) is 4.52. The highest BCUT2D eigenvalue weighted by Crippen LogP contribution is 2.65. The van der Waals surface area contributed by atoms with Gasteiger partial charge in [-0.3, -0.25) is 0 Å². The molecular formula is C6H14ClPS2. The van der Waals surface area contributed by atoms with Crippen LogP contribution in [0.15, 0.2) is 0 Å². The molecule has 0 rings (SSSR count). The van der Waals surface area contributed by atoms with Crippen LogP contribution in [0.3, 0.4) is 0 Å². The Hall–Kier alpha value is 1.29. The van der Waals surface area contributed by atoms with Gasteiger partial charge in [0.25, 0.3) is 0 Å². The van der Waals surface area contributed by atoms with Crippen LogP contribution < -0.4 is 0 Å². The molecule has 0 saturated carbocycles. The normalized spacial score (nSPS) is 20.0. The fraction of sp³-hybridized carbons (Fsp3) is 1.00. The number of hydrogen-bond donors (Lipinski definition) is 0. The highest BCUT2D eigenvalue weighted by Gasteiger charge is 2.13. The van der Waals surface area contributed by atoms with E-state index in [1.54, 1.807) is 11.4 Å². The summed E-state index contributed by atoms with van der Waals surface area (Å²) >= 11 is 13.1. The number of hydrogen-bond acceptors (Lipinski definition) is 2. The molecule has 0 N–H and O–H groups in total. The van der Waals surface area contributed by atoms with Crippen molar-refractivity contribution in [1.29, 1.82) is 0 Å². The monoisotopic (exact) mass is 216 g/mol. The van der Waals surface area contributed by atoms with Crippen molar-refractivity contribution >= 4 is 39.0 Å². The van der Waals surface area contributed by atoms with E-state index in [4.69, 9.17) is 23.0 Å². The molecule has 0 nitrogen and oxygen atoms in total. The minimum Gasteiger partial charge on any atom is -0.106 e. The molecule has 0 heterocycles. The molecular weight excluding hydrogens is 203 g/mol. The zero-order valence-electron chi connectivity index (χ0n) is 6.63. The van der Waals surface area contributed by atoms with Gasteiger partial charge in [0.15, 0.2) is 0 Å². The molecule has 0 saturated heterocycles. The van der Waals surface area contributed by atoms with Gasteiger partial charge in [-0.15, -0.1) is 11.4 Å². The fourth-order valence-corrected chi connectivity index (χ4v) is 6.31. The quantitative estimate of drug-likeness (QED) is 0.650. The summed E-state index contributed by atoms with van der Waals surface area (Å²) < 4.78 is -1.52. The van der Waals surface area contributed by atoms with Crippen LogP contribution in [0.25, 0.3) is 0 Å². The maximum atomic E-state index is 6.08. The lowest BCUT2D eigenvalue weighted by atomic mass is 10.4. The van der Waals surface area contributed by atoms with Gasteiger partial charge in [-0.05, 0) is 12.6 Å². The van der Waals surface area contributed by atoms with Crippen molar-refractivity contribution in [2.75, 3.05) is 6.16 Å². The van der Waals surface area contributed by atoms with Crippen molar-refractivity contribution in [1.82, 2.24) is 0 Å². The summed E-state index contributed by atoms with van der Waals surface area (Å²) in [6.07, 6.45) is 2.12. The molecule has 0 aromatic carbocycles. The summed E-state index contributed by atoms with van der Waals surface area (Å²) in [5.41, 5.74) is 0. The van der Waals surface area contributed by atoms with E-state index in [-0.39, 0.29) is 0 Å². The molecule has 10 heavy (non-hydrogen) atoms.